The number of benzene rings is 2. The second kappa shape index (κ2) is 5.99. The zero-order valence-corrected chi connectivity index (χ0v) is 14.5. The van der Waals surface area contributed by atoms with E-state index in [9.17, 15) is 0 Å². The molecular formula is C24H20N2. The van der Waals surface area contributed by atoms with Crippen LogP contribution in [0.3, 0.4) is 0 Å². The van der Waals surface area contributed by atoms with E-state index in [0.29, 0.717) is 0 Å². The van der Waals surface area contributed by atoms with Gasteiger partial charge < -0.3 is 0 Å². The molecule has 2 nitrogen and oxygen atoms in total. The first-order chi connectivity index (χ1) is 12.9. The van der Waals surface area contributed by atoms with Crippen LogP contribution in [0.15, 0.2) is 96.7 Å². The Balaban J connectivity index is 1.88. The molecule has 0 spiro atoms. The average molecular weight is 336 g/mol. The molecular weight excluding hydrogens is 316 g/mol. The van der Waals surface area contributed by atoms with Gasteiger partial charge in [-0.2, -0.15) is 5.10 Å². The predicted molar refractivity (Wildman–Crippen MR) is 106 cm³/mol. The van der Waals surface area contributed by atoms with Crippen LogP contribution >= 0.6 is 0 Å². The predicted octanol–water partition coefficient (Wildman–Crippen LogP) is 5.42. The molecule has 1 aromatic heterocycles. The van der Waals surface area contributed by atoms with Crippen LogP contribution in [0.2, 0.25) is 0 Å². The molecule has 1 heterocycles. The van der Waals surface area contributed by atoms with Crippen LogP contribution in [0, 0.1) is 0 Å². The number of nitrogens with one attached hydrogen (secondary N) is 1. The summed E-state index contributed by atoms with van der Waals surface area (Å²) in [4.78, 5) is 0. The standard InChI is InChI=1S/C24H20N2/c1-2-9-19(10-3-1)24(23-15-17-25-26-23)16-14-18-8-4-5-11-20(18)21-12-6-7-13-22(21)24/h1-4,6-10,12-17H,5,11H2,(H,25,26). The highest BCUT2D eigenvalue weighted by Gasteiger charge is 2.39. The molecule has 0 radical (unpaired) electrons. The summed E-state index contributed by atoms with van der Waals surface area (Å²) >= 11 is 0. The first-order valence-corrected chi connectivity index (χ1v) is 9.14. The van der Waals surface area contributed by atoms with Gasteiger partial charge in [0.05, 0.1) is 11.1 Å². The van der Waals surface area contributed by atoms with Crippen molar-refractivity contribution in [2.45, 2.75) is 18.3 Å². The van der Waals surface area contributed by atoms with Gasteiger partial charge in [-0.25, -0.2) is 0 Å². The van der Waals surface area contributed by atoms with E-state index in [1.165, 1.54) is 27.8 Å². The molecule has 126 valence electrons. The third-order valence-electron chi connectivity index (χ3n) is 5.53. The van der Waals surface area contributed by atoms with Gasteiger partial charge in [0.2, 0.25) is 0 Å². The zero-order chi connectivity index (χ0) is 17.4. The van der Waals surface area contributed by atoms with Crippen molar-refractivity contribution in [2.75, 3.05) is 0 Å². The van der Waals surface area contributed by atoms with E-state index in [2.05, 4.69) is 95.2 Å². The van der Waals surface area contributed by atoms with Crippen LogP contribution < -0.4 is 0 Å². The fourth-order valence-electron chi connectivity index (χ4n) is 4.33. The fourth-order valence-corrected chi connectivity index (χ4v) is 4.33. The molecule has 0 fully saturated rings. The largest absolute Gasteiger partial charge is 0.285 e. The van der Waals surface area contributed by atoms with Crippen molar-refractivity contribution < 1.29 is 0 Å². The summed E-state index contributed by atoms with van der Waals surface area (Å²) in [7, 11) is 0. The lowest BCUT2D eigenvalue weighted by Gasteiger charge is -2.32. The van der Waals surface area contributed by atoms with Gasteiger partial charge in [-0.1, -0.05) is 78.9 Å². The number of nitrogens with zero attached hydrogens (tertiary/aromatic N) is 1. The van der Waals surface area contributed by atoms with Gasteiger partial charge >= 0.3 is 0 Å². The van der Waals surface area contributed by atoms with E-state index in [-0.39, 0.29) is 0 Å². The summed E-state index contributed by atoms with van der Waals surface area (Å²) in [6, 6.07) is 21.6. The van der Waals surface area contributed by atoms with Crippen LogP contribution in [0.4, 0.5) is 0 Å². The van der Waals surface area contributed by atoms with E-state index in [0.717, 1.165) is 18.5 Å². The second-order valence-electron chi connectivity index (χ2n) is 6.89. The van der Waals surface area contributed by atoms with Crippen molar-refractivity contribution in [1.29, 1.82) is 0 Å². The van der Waals surface area contributed by atoms with E-state index in [1.807, 2.05) is 6.20 Å². The van der Waals surface area contributed by atoms with E-state index in [1.54, 1.807) is 0 Å². The van der Waals surface area contributed by atoms with Crippen LogP contribution in [0.25, 0.3) is 5.57 Å². The minimum Gasteiger partial charge on any atom is -0.285 e. The molecule has 1 unspecified atom stereocenters. The van der Waals surface area contributed by atoms with Crippen molar-refractivity contribution in [3.63, 3.8) is 0 Å². The van der Waals surface area contributed by atoms with Gasteiger partial charge in [-0.05, 0) is 46.7 Å². The molecule has 0 amide bonds. The molecule has 0 saturated heterocycles. The monoisotopic (exact) mass is 336 g/mol. The molecule has 0 saturated carbocycles. The number of allylic oxidation sites excluding steroid dienone is 6. The molecule has 0 bridgehead atoms. The minimum atomic E-state index is -0.400. The van der Waals surface area contributed by atoms with E-state index >= 15 is 0 Å². The Bertz CT molecular complexity index is 1020. The highest BCUT2D eigenvalue weighted by Crippen LogP contribution is 2.46. The Kier molecular flexibility index (Phi) is 3.49. The molecule has 1 N–H and O–H groups in total. The lowest BCUT2D eigenvalue weighted by atomic mass is 9.70. The van der Waals surface area contributed by atoms with Gasteiger partial charge in [0.1, 0.15) is 0 Å². The lowest BCUT2D eigenvalue weighted by Crippen LogP contribution is -2.28. The van der Waals surface area contributed by atoms with Gasteiger partial charge in [0.15, 0.2) is 0 Å². The summed E-state index contributed by atoms with van der Waals surface area (Å²) in [5.41, 5.74) is 7.25. The van der Waals surface area contributed by atoms with Gasteiger partial charge in [-0.15, -0.1) is 0 Å². The SMILES string of the molecule is C1=CC2=C(CC1)c1ccccc1C(c1ccccc1)(c1cc[nH]n1)C=C2. The molecule has 2 aliphatic carbocycles. The van der Waals surface area contributed by atoms with Crippen LogP contribution in [-0.4, -0.2) is 10.2 Å². The maximum atomic E-state index is 4.63. The Hall–Kier alpha value is -3.13. The second-order valence-corrected chi connectivity index (χ2v) is 6.89. The summed E-state index contributed by atoms with van der Waals surface area (Å²) in [6.45, 7) is 0. The third kappa shape index (κ3) is 2.15. The summed E-state index contributed by atoms with van der Waals surface area (Å²) in [6.07, 6.45) is 13.2. The summed E-state index contributed by atoms with van der Waals surface area (Å²) < 4.78 is 0. The highest BCUT2D eigenvalue weighted by atomic mass is 15.1. The first kappa shape index (κ1) is 15.2. The number of hydrogen-bond acceptors (Lipinski definition) is 1. The van der Waals surface area contributed by atoms with Crippen molar-refractivity contribution in [3.8, 4) is 0 Å². The van der Waals surface area contributed by atoms with Gasteiger partial charge in [0.25, 0.3) is 0 Å². The van der Waals surface area contributed by atoms with Crippen molar-refractivity contribution in [2.24, 2.45) is 0 Å². The van der Waals surface area contributed by atoms with E-state index in [4.69, 9.17) is 0 Å². The number of H-pyrrole nitrogens is 1. The van der Waals surface area contributed by atoms with Gasteiger partial charge in [-0.3, -0.25) is 5.10 Å². The number of aromatic amines is 1. The number of aromatic nitrogens is 2. The summed E-state index contributed by atoms with van der Waals surface area (Å²) in [5, 5.41) is 7.66. The zero-order valence-electron chi connectivity index (χ0n) is 14.5. The average Bonchev–Trinajstić information content (AvgIpc) is 3.21. The van der Waals surface area contributed by atoms with Crippen LogP contribution in [-0.2, 0) is 5.41 Å². The topological polar surface area (TPSA) is 28.7 Å². The van der Waals surface area contributed by atoms with E-state index < -0.39 is 5.41 Å². The maximum absolute atomic E-state index is 4.63. The third-order valence-corrected chi connectivity index (χ3v) is 5.53. The molecule has 5 rings (SSSR count). The Morgan fingerprint density at radius 2 is 1.73 bits per heavy atom. The smallest absolute Gasteiger partial charge is 0.0832 e. The number of fused-ring (bicyclic) bond motifs is 2. The fraction of sp³-hybridized carbons (Fsp3) is 0.125. The number of hydrogen-bond donors (Lipinski definition) is 1. The molecule has 0 aliphatic heterocycles. The Morgan fingerprint density at radius 1 is 0.885 bits per heavy atom. The highest BCUT2D eigenvalue weighted by molar-refractivity contribution is 5.80. The van der Waals surface area contributed by atoms with Crippen LogP contribution in [0.1, 0.15) is 35.2 Å². The van der Waals surface area contributed by atoms with Crippen molar-refractivity contribution >= 4 is 5.57 Å². The summed E-state index contributed by atoms with van der Waals surface area (Å²) in [5.74, 6) is 0. The first-order valence-electron chi connectivity index (χ1n) is 9.14. The quantitative estimate of drug-likeness (QED) is 0.665. The molecule has 3 aromatic rings. The maximum Gasteiger partial charge on any atom is 0.0832 e. The molecule has 2 aliphatic rings. The molecule has 1 atom stereocenters. The Labute approximate surface area is 153 Å². The van der Waals surface area contributed by atoms with Crippen molar-refractivity contribution in [1.82, 2.24) is 10.2 Å². The minimum absolute atomic E-state index is 0.400. The molecule has 2 heteroatoms. The normalized spacial score (nSPS) is 21.2. The number of rotatable bonds is 2. The lowest BCUT2D eigenvalue weighted by molar-refractivity contribution is 0.735. The molecule has 2 aromatic carbocycles. The van der Waals surface area contributed by atoms with Crippen molar-refractivity contribution in [3.05, 3.63) is 119 Å². The molecule has 26 heavy (non-hydrogen) atoms. The Morgan fingerprint density at radius 3 is 2.58 bits per heavy atom. The van der Waals surface area contributed by atoms with Crippen LogP contribution in [0.5, 0.6) is 0 Å². The van der Waals surface area contributed by atoms with Gasteiger partial charge in [0, 0.05) is 6.20 Å².